The monoisotopic (exact) mass is 280 g/mol. The molecule has 1 aliphatic heterocycles. The van der Waals surface area contributed by atoms with Crippen LogP contribution >= 0.6 is 0 Å². The van der Waals surface area contributed by atoms with E-state index < -0.39 is 0 Å². The van der Waals surface area contributed by atoms with Crippen LogP contribution in [-0.2, 0) is 4.74 Å². The minimum Gasteiger partial charge on any atom is -0.383 e. The first-order valence-corrected chi connectivity index (χ1v) is 6.85. The van der Waals surface area contributed by atoms with Gasteiger partial charge in [0.05, 0.1) is 12.1 Å². The van der Waals surface area contributed by atoms with Gasteiger partial charge in [0.25, 0.3) is 5.91 Å². The van der Waals surface area contributed by atoms with Gasteiger partial charge in [-0.25, -0.2) is 4.39 Å². The molecular weight excluding hydrogens is 259 g/mol. The molecule has 1 aromatic carbocycles. The second-order valence-electron chi connectivity index (χ2n) is 5.39. The summed E-state index contributed by atoms with van der Waals surface area (Å²) in [5.74, 6) is -0.501. The van der Waals surface area contributed by atoms with Crippen molar-refractivity contribution in [2.75, 3.05) is 26.8 Å². The van der Waals surface area contributed by atoms with Crippen LogP contribution in [0.25, 0.3) is 0 Å². The first-order chi connectivity index (χ1) is 9.56. The lowest BCUT2D eigenvalue weighted by molar-refractivity contribution is 0.0891. The summed E-state index contributed by atoms with van der Waals surface area (Å²) in [6.45, 7) is 3.75. The first-order valence-electron chi connectivity index (χ1n) is 6.85. The Morgan fingerprint density at radius 3 is 2.95 bits per heavy atom. The van der Waals surface area contributed by atoms with Gasteiger partial charge in [0.15, 0.2) is 0 Å². The summed E-state index contributed by atoms with van der Waals surface area (Å²) in [4.78, 5) is 12.2. The molecule has 0 radical (unpaired) electrons. The molecule has 5 heteroatoms. The van der Waals surface area contributed by atoms with Gasteiger partial charge in [-0.3, -0.25) is 4.79 Å². The fraction of sp³-hybridized carbons (Fsp3) is 0.533. The van der Waals surface area contributed by atoms with Gasteiger partial charge in [0.2, 0.25) is 0 Å². The molecule has 0 aromatic heterocycles. The summed E-state index contributed by atoms with van der Waals surface area (Å²) < 4.78 is 18.3. The molecule has 1 aromatic rings. The summed E-state index contributed by atoms with van der Waals surface area (Å²) >= 11 is 0. The summed E-state index contributed by atoms with van der Waals surface area (Å²) in [6.07, 6.45) is 2.05. The van der Waals surface area contributed by atoms with Crippen LogP contribution in [-0.4, -0.2) is 38.3 Å². The van der Waals surface area contributed by atoms with Gasteiger partial charge in [-0.2, -0.15) is 0 Å². The molecule has 1 fully saturated rings. The molecule has 20 heavy (non-hydrogen) atoms. The third-order valence-corrected chi connectivity index (χ3v) is 3.77. The maximum Gasteiger partial charge on any atom is 0.251 e. The number of amides is 1. The number of benzene rings is 1. The highest BCUT2D eigenvalue weighted by molar-refractivity contribution is 5.95. The van der Waals surface area contributed by atoms with E-state index in [9.17, 15) is 9.18 Å². The quantitative estimate of drug-likeness (QED) is 0.862. The van der Waals surface area contributed by atoms with Crippen LogP contribution in [0.1, 0.15) is 28.8 Å². The molecule has 1 saturated heterocycles. The fourth-order valence-corrected chi connectivity index (χ4v) is 2.70. The second kappa shape index (κ2) is 6.33. The molecule has 2 N–H and O–H groups in total. The normalized spacial score (nSPS) is 21.9. The van der Waals surface area contributed by atoms with Crippen LogP contribution in [0.15, 0.2) is 18.2 Å². The van der Waals surface area contributed by atoms with Crippen molar-refractivity contribution in [2.45, 2.75) is 25.3 Å². The maximum atomic E-state index is 13.0. The van der Waals surface area contributed by atoms with Crippen molar-refractivity contribution >= 4 is 5.91 Å². The van der Waals surface area contributed by atoms with E-state index in [1.807, 2.05) is 0 Å². The van der Waals surface area contributed by atoms with E-state index in [1.165, 1.54) is 18.2 Å². The largest absolute Gasteiger partial charge is 0.383 e. The molecule has 110 valence electrons. The standard InChI is InChI=1S/C15H21FN2O2/c1-11-8-12(16)4-5-13(11)14(19)17-9-15(10-20-2)6-3-7-18-15/h4-5,8,18H,3,6-7,9-10H2,1-2H3,(H,17,19). The Balaban J connectivity index is 2.00. The van der Waals surface area contributed by atoms with Crippen LogP contribution in [0.4, 0.5) is 4.39 Å². The third kappa shape index (κ3) is 3.35. The molecule has 1 atom stereocenters. The molecule has 0 spiro atoms. The predicted molar refractivity (Wildman–Crippen MR) is 75.3 cm³/mol. The average molecular weight is 280 g/mol. The SMILES string of the molecule is COCC1(CNC(=O)c2ccc(F)cc2C)CCCN1. The minimum atomic E-state index is -0.327. The fourth-order valence-electron chi connectivity index (χ4n) is 2.70. The van der Waals surface area contributed by atoms with Crippen molar-refractivity contribution in [3.05, 3.63) is 35.1 Å². The van der Waals surface area contributed by atoms with Crippen LogP contribution in [0.3, 0.4) is 0 Å². The van der Waals surface area contributed by atoms with Crippen LogP contribution in [0.5, 0.6) is 0 Å². The summed E-state index contributed by atoms with van der Waals surface area (Å²) in [5, 5.41) is 6.32. The molecule has 0 bridgehead atoms. The van der Waals surface area contributed by atoms with Crippen molar-refractivity contribution in [1.82, 2.24) is 10.6 Å². The smallest absolute Gasteiger partial charge is 0.251 e. The lowest BCUT2D eigenvalue weighted by Crippen LogP contribution is -2.53. The minimum absolute atomic E-state index is 0.174. The molecule has 0 aliphatic carbocycles. The van der Waals surface area contributed by atoms with Gasteiger partial charge in [-0.1, -0.05) is 0 Å². The predicted octanol–water partition coefficient (Wildman–Crippen LogP) is 1.63. The molecule has 1 unspecified atom stereocenters. The van der Waals surface area contributed by atoms with E-state index in [4.69, 9.17) is 4.74 Å². The highest BCUT2D eigenvalue weighted by Gasteiger charge is 2.33. The Kier molecular flexibility index (Phi) is 4.73. The molecular formula is C15H21FN2O2. The maximum absolute atomic E-state index is 13.0. The summed E-state index contributed by atoms with van der Waals surface area (Å²) in [6, 6.07) is 4.19. The number of carbonyl (C=O) groups is 1. The average Bonchev–Trinajstić information content (AvgIpc) is 2.85. The lowest BCUT2D eigenvalue weighted by atomic mass is 9.98. The van der Waals surface area contributed by atoms with E-state index in [0.717, 1.165) is 19.4 Å². The van der Waals surface area contributed by atoms with Crippen molar-refractivity contribution in [2.24, 2.45) is 0 Å². The number of halogens is 1. The zero-order valence-electron chi connectivity index (χ0n) is 12.0. The summed E-state index contributed by atoms with van der Waals surface area (Å²) in [5.41, 5.74) is 0.970. The van der Waals surface area contributed by atoms with Gasteiger partial charge in [-0.15, -0.1) is 0 Å². The van der Waals surface area contributed by atoms with Crippen molar-refractivity contribution in [3.8, 4) is 0 Å². The molecule has 1 amide bonds. The van der Waals surface area contributed by atoms with Crippen LogP contribution < -0.4 is 10.6 Å². The number of aryl methyl sites for hydroxylation is 1. The van der Waals surface area contributed by atoms with E-state index in [1.54, 1.807) is 14.0 Å². The van der Waals surface area contributed by atoms with E-state index >= 15 is 0 Å². The van der Waals surface area contributed by atoms with Crippen LogP contribution in [0.2, 0.25) is 0 Å². The van der Waals surface area contributed by atoms with Crippen LogP contribution in [0, 0.1) is 12.7 Å². The second-order valence-corrected chi connectivity index (χ2v) is 5.39. The topological polar surface area (TPSA) is 50.4 Å². The van der Waals surface area contributed by atoms with E-state index in [2.05, 4.69) is 10.6 Å². The third-order valence-electron chi connectivity index (χ3n) is 3.77. The van der Waals surface area contributed by atoms with Gasteiger partial charge >= 0.3 is 0 Å². The number of methoxy groups -OCH3 is 1. The Morgan fingerprint density at radius 2 is 2.35 bits per heavy atom. The van der Waals surface area contributed by atoms with Gasteiger partial charge in [0.1, 0.15) is 5.82 Å². The number of hydrogen-bond acceptors (Lipinski definition) is 3. The number of nitrogens with one attached hydrogen (secondary N) is 2. The van der Waals surface area contributed by atoms with Crippen molar-refractivity contribution < 1.29 is 13.9 Å². The molecule has 1 aliphatic rings. The number of ether oxygens (including phenoxy) is 1. The molecule has 0 saturated carbocycles. The lowest BCUT2D eigenvalue weighted by Gasteiger charge is -2.29. The Hall–Kier alpha value is -1.46. The van der Waals surface area contributed by atoms with Gasteiger partial charge < -0.3 is 15.4 Å². The molecule has 1 heterocycles. The Morgan fingerprint density at radius 1 is 1.55 bits per heavy atom. The Labute approximate surface area is 118 Å². The number of hydrogen-bond donors (Lipinski definition) is 2. The first kappa shape index (κ1) is 14.9. The molecule has 2 rings (SSSR count). The zero-order valence-corrected chi connectivity index (χ0v) is 12.0. The van der Waals surface area contributed by atoms with Crippen molar-refractivity contribution in [3.63, 3.8) is 0 Å². The highest BCUT2D eigenvalue weighted by Crippen LogP contribution is 2.19. The highest BCUT2D eigenvalue weighted by atomic mass is 19.1. The zero-order chi connectivity index (χ0) is 14.6. The number of carbonyl (C=O) groups excluding carboxylic acids is 1. The summed E-state index contributed by atoms with van der Waals surface area (Å²) in [7, 11) is 1.66. The van der Waals surface area contributed by atoms with Gasteiger partial charge in [-0.05, 0) is 50.1 Å². The molecule has 4 nitrogen and oxygen atoms in total. The van der Waals surface area contributed by atoms with E-state index in [0.29, 0.717) is 24.3 Å². The van der Waals surface area contributed by atoms with Crippen molar-refractivity contribution in [1.29, 1.82) is 0 Å². The van der Waals surface area contributed by atoms with Gasteiger partial charge in [0, 0.05) is 19.2 Å². The Bertz CT molecular complexity index is 485. The number of rotatable bonds is 5. The van der Waals surface area contributed by atoms with E-state index in [-0.39, 0.29) is 17.3 Å².